The Labute approximate surface area is 496 Å². The molecule has 86 heavy (non-hydrogen) atoms. The number of benzene rings is 1. The minimum absolute atomic E-state index is 0.552. The number of hydrogen-bond acceptors (Lipinski definition) is 32. The van der Waals surface area contributed by atoms with Crippen LogP contribution in [0, 0.1) is 6.92 Å². The number of rotatable bonds is 23. The summed E-state index contributed by atoms with van der Waals surface area (Å²) in [5.41, 5.74) is -0.424. The molecule has 5 rings (SSSR count). The van der Waals surface area contributed by atoms with Gasteiger partial charge in [-0.1, -0.05) is 29.5 Å². The molecule has 4 fully saturated rings. The Morgan fingerprint density at radius 3 is 1.14 bits per heavy atom. The molecule has 1 aromatic rings. The predicted octanol–water partition coefficient (Wildman–Crippen LogP) is 0.848. The smallest absolute Gasteiger partial charge is 0.303 e. The molecule has 1 aromatic carbocycles. The van der Waals surface area contributed by atoms with Crippen LogP contribution in [0.5, 0.6) is 0 Å². The van der Waals surface area contributed by atoms with Gasteiger partial charge in [0.1, 0.15) is 61.9 Å². The quantitative estimate of drug-likeness (QED) is 0.108. The predicted molar refractivity (Wildman–Crippen MR) is 277 cm³/mol. The van der Waals surface area contributed by atoms with Crippen LogP contribution >= 0.6 is 11.8 Å². The highest BCUT2D eigenvalue weighted by molar-refractivity contribution is 7.99. The van der Waals surface area contributed by atoms with E-state index in [9.17, 15) is 57.5 Å². The van der Waals surface area contributed by atoms with Crippen molar-refractivity contribution in [2.75, 3.05) is 26.4 Å². The van der Waals surface area contributed by atoms with Crippen molar-refractivity contribution in [1.29, 1.82) is 0 Å². The van der Waals surface area contributed by atoms with Crippen LogP contribution in [0.2, 0.25) is 0 Å². The molecule has 0 unspecified atom stereocenters. The van der Waals surface area contributed by atoms with E-state index < -0.39 is 214 Å². The summed E-state index contributed by atoms with van der Waals surface area (Å²) in [5.74, 6) is -11.8. The molecule has 19 atom stereocenters. The van der Waals surface area contributed by atoms with Crippen LogP contribution in [-0.2, 0) is 148 Å². The Hall–Kier alpha value is -7.07. The molecule has 4 heterocycles. The van der Waals surface area contributed by atoms with Crippen LogP contribution in [0.4, 0.5) is 0 Å². The van der Waals surface area contributed by atoms with Crippen molar-refractivity contribution in [2.45, 2.75) is 211 Å². The van der Waals surface area contributed by atoms with Crippen LogP contribution in [0.1, 0.15) is 88.6 Å². The fourth-order valence-corrected chi connectivity index (χ4v) is 10.5. The van der Waals surface area contributed by atoms with Gasteiger partial charge in [0.25, 0.3) is 0 Å². The molecule has 0 saturated carbocycles. The highest BCUT2D eigenvalue weighted by Crippen LogP contribution is 2.42. The van der Waals surface area contributed by atoms with Gasteiger partial charge in [0.2, 0.25) is 0 Å². The molecule has 0 aromatic heterocycles. The van der Waals surface area contributed by atoms with Crippen LogP contribution < -0.4 is 0 Å². The van der Waals surface area contributed by atoms with Crippen molar-refractivity contribution < 1.29 is 148 Å². The fourth-order valence-electron chi connectivity index (χ4n) is 9.41. The Balaban J connectivity index is 1.86. The van der Waals surface area contributed by atoms with Gasteiger partial charge >= 0.3 is 71.6 Å². The second kappa shape index (κ2) is 32.1. The Morgan fingerprint density at radius 1 is 0.360 bits per heavy atom. The summed E-state index contributed by atoms with van der Waals surface area (Å²) in [6, 6.07) is 7.00. The lowest BCUT2D eigenvalue weighted by atomic mass is 9.95. The second-order valence-corrected chi connectivity index (χ2v) is 20.9. The lowest BCUT2D eigenvalue weighted by Crippen LogP contribution is -2.69. The van der Waals surface area contributed by atoms with Gasteiger partial charge in [-0.15, -0.1) is 0 Å². The molecule has 0 radical (unpaired) electrons. The molecule has 31 nitrogen and oxygen atoms in total. The minimum atomic E-state index is -2.25. The van der Waals surface area contributed by atoms with Crippen LogP contribution in [0.3, 0.4) is 0 Å². The summed E-state index contributed by atoms with van der Waals surface area (Å²) in [5, 5.41) is 0. The number of hydrogen-bond donors (Lipinski definition) is 0. The highest BCUT2D eigenvalue weighted by Gasteiger charge is 2.61. The van der Waals surface area contributed by atoms with Crippen molar-refractivity contribution in [3.63, 3.8) is 0 Å². The molecule has 478 valence electrons. The van der Waals surface area contributed by atoms with Gasteiger partial charge in [-0.05, 0) is 19.1 Å². The first-order chi connectivity index (χ1) is 40.4. The normalized spacial score (nSPS) is 31.4. The highest BCUT2D eigenvalue weighted by atomic mass is 32.2. The van der Waals surface area contributed by atoms with E-state index in [1.165, 1.54) is 0 Å². The van der Waals surface area contributed by atoms with Gasteiger partial charge in [0.05, 0.1) is 6.61 Å². The summed E-state index contributed by atoms with van der Waals surface area (Å²) in [6.07, 6.45) is -34.1. The molecule has 0 N–H and O–H groups in total. The molecule has 32 heteroatoms. The monoisotopic (exact) mass is 1250 g/mol. The zero-order valence-corrected chi connectivity index (χ0v) is 50.0. The molecular formula is C54H70O31S. The number of carbonyl (C=O) groups is 12. The molecule has 0 amide bonds. The Bertz CT molecular complexity index is 2610. The van der Waals surface area contributed by atoms with Crippen LogP contribution in [-0.4, -0.2) is 214 Å². The minimum Gasteiger partial charge on any atom is -0.463 e. The van der Waals surface area contributed by atoms with Crippen LogP contribution in [0.25, 0.3) is 0 Å². The summed E-state index contributed by atoms with van der Waals surface area (Å²) in [4.78, 5) is 155. The number of esters is 12. The molecule has 4 aliphatic heterocycles. The van der Waals surface area contributed by atoms with E-state index in [2.05, 4.69) is 0 Å². The molecule has 0 aliphatic carbocycles. The summed E-state index contributed by atoms with van der Waals surface area (Å²) in [7, 11) is 0. The van der Waals surface area contributed by atoms with Crippen LogP contribution in [0.15, 0.2) is 29.2 Å². The number of thioether (sulfide) groups is 1. The third-order valence-electron chi connectivity index (χ3n) is 12.4. The third kappa shape index (κ3) is 20.5. The third-order valence-corrected chi connectivity index (χ3v) is 13.5. The van der Waals surface area contributed by atoms with Gasteiger partial charge in [-0.3, -0.25) is 57.5 Å². The molecule has 4 saturated heterocycles. The summed E-state index contributed by atoms with van der Waals surface area (Å²) in [6.45, 7) is 10.7. The first-order valence-electron chi connectivity index (χ1n) is 26.6. The maximum absolute atomic E-state index is 13.4. The Kier molecular flexibility index (Phi) is 26.0. The lowest BCUT2D eigenvalue weighted by molar-refractivity contribution is -0.398. The van der Waals surface area contributed by atoms with Gasteiger partial charge in [0, 0.05) is 88.0 Å². The molecule has 4 aliphatic rings. The Morgan fingerprint density at radius 2 is 0.698 bits per heavy atom. The van der Waals surface area contributed by atoms with Gasteiger partial charge in [0.15, 0.2) is 73.8 Å². The average Bonchev–Trinajstić information content (AvgIpc) is 0.838. The molecular weight excluding hydrogens is 1180 g/mol. The lowest BCUT2D eigenvalue weighted by Gasteiger charge is -2.51. The SMILES string of the molecule is CC(=O)OC[C@H]1O[C@H](Sc2ccc(C)cc2)[C@H](OC(C)=O)[C@@H](OC(C)=O)[C@H]1O[C@@H]1O[C@H](COC(C)=O)[C@@H](OC(C)=O)[C@H](O[C@@H]2OC[C@@H](OC(C)=O)[C@H](OC(C)=O)[C@H]2OC(C)=O)[C@H]1O[C@@H]1O[C@H](COC(C)=O)[C@@H](OC(C)=O)[C@H](OC(C)=O)[C@H]1OC(C)=O. The van der Waals surface area contributed by atoms with Crippen molar-refractivity contribution in [3.8, 4) is 0 Å². The summed E-state index contributed by atoms with van der Waals surface area (Å²) < 4.78 is 113. The van der Waals surface area contributed by atoms with Crippen molar-refractivity contribution >= 4 is 83.4 Å². The molecule has 0 bridgehead atoms. The number of ether oxygens (including phenoxy) is 19. The van der Waals surface area contributed by atoms with Gasteiger partial charge in [-0.2, -0.15) is 0 Å². The summed E-state index contributed by atoms with van der Waals surface area (Å²) >= 11 is 1.00. The zero-order valence-electron chi connectivity index (χ0n) is 49.2. The van der Waals surface area contributed by atoms with E-state index >= 15 is 0 Å². The van der Waals surface area contributed by atoms with E-state index in [-0.39, 0.29) is 0 Å². The average molecular weight is 1250 g/mol. The second-order valence-electron chi connectivity index (χ2n) is 19.7. The van der Waals surface area contributed by atoms with E-state index in [4.69, 9.17) is 90.0 Å². The largest absolute Gasteiger partial charge is 0.463 e. The van der Waals surface area contributed by atoms with Gasteiger partial charge in [-0.25, -0.2) is 0 Å². The zero-order chi connectivity index (χ0) is 63.9. The van der Waals surface area contributed by atoms with Crippen molar-refractivity contribution in [3.05, 3.63) is 29.8 Å². The van der Waals surface area contributed by atoms with Crippen molar-refractivity contribution in [2.24, 2.45) is 0 Å². The number of aryl methyl sites for hydroxylation is 1. The van der Waals surface area contributed by atoms with E-state index in [1.807, 2.05) is 6.92 Å². The molecule has 0 spiro atoms. The maximum atomic E-state index is 13.4. The van der Waals surface area contributed by atoms with E-state index in [0.717, 1.165) is 100 Å². The van der Waals surface area contributed by atoms with E-state index in [1.54, 1.807) is 24.3 Å². The standard InChI is InChI=1S/C54H70O31S/c1-22-14-16-35(17-15-22)86-54-50(79-34(13)66)46(76-31(10)63)42(39(82-54)20-69-25(4)57)83-53-49(85-52-48(78-33(12)65)44(75-30(9)62)40(72-27(6)59)37(80-52)18-67-23(2)55)45(41(73-28(7)60)38(81-53)19-68-24(3)56)84-51-47(77-32(11)64)43(74-29(8)61)36(21-70-51)71-26(5)58/h14-17,36-54H,18-21H2,1-13H3/t36-,37-,38-,39-,40-,41-,42+,43+,44+,45+,46+,47-,48-,49-,50-,51+,52+,53+,54-/m1/s1. The van der Waals surface area contributed by atoms with Gasteiger partial charge < -0.3 is 90.0 Å². The number of carbonyl (C=O) groups excluding carboxylic acids is 12. The first-order valence-corrected chi connectivity index (χ1v) is 27.5. The topological polar surface area (TPSA) is 380 Å². The first kappa shape index (κ1) is 69.7. The maximum Gasteiger partial charge on any atom is 0.303 e. The van der Waals surface area contributed by atoms with Crippen molar-refractivity contribution in [1.82, 2.24) is 0 Å². The fraction of sp³-hybridized carbons (Fsp3) is 0.667. The van der Waals surface area contributed by atoms with E-state index in [0.29, 0.717) is 4.90 Å².